The summed E-state index contributed by atoms with van der Waals surface area (Å²) < 4.78 is 6.31. The van der Waals surface area contributed by atoms with Crippen molar-refractivity contribution in [3.05, 3.63) is 24.3 Å². The summed E-state index contributed by atoms with van der Waals surface area (Å²) in [7, 11) is 0. The lowest BCUT2D eigenvalue weighted by atomic mass is 9.68. The molecule has 3 heterocycles. The quantitative estimate of drug-likeness (QED) is 0.806. The first-order valence-electron chi connectivity index (χ1n) is 7.91. The molecule has 3 fully saturated rings. The lowest BCUT2D eigenvalue weighted by molar-refractivity contribution is -0.362. The van der Waals surface area contributed by atoms with E-state index in [1.54, 1.807) is 0 Å². The first-order chi connectivity index (χ1) is 9.81. The Morgan fingerprint density at radius 3 is 2.52 bits per heavy atom. The summed E-state index contributed by atoms with van der Waals surface area (Å²) in [6.45, 7) is 9.51. The maximum absolute atomic E-state index is 9.93. The molecule has 3 saturated heterocycles. The number of nitrogens with zero attached hydrogens (tertiary/aromatic N) is 1. The highest BCUT2D eigenvalue weighted by atomic mass is 16.7. The SMILES string of the molecule is CC1(C)CC2CCN1OC1(C=CC=CC1(C)C)C(CO)O2. The van der Waals surface area contributed by atoms with E-state index in [-0.39, 0.29) is 29.8 Å². The average molecular weight is 293 g/mol. The first-order valence-corrected chi connectivity index (χ1v) is 7.91. The molecular weight excluding hydrogens is 266 g/mol. The predicted octanol–water partition coefficient (Wildman–Crippen LogP) is 2.44. The summed E-state index contributed by atoms with van der Waals surface area (Å²) in [6.07, 6.45) is 9.96. The fourth-order valence-corrected chi connectivity index (χ4v) is 3.87. The molecule has 4 unspecified atom stereocenters. The Balaban J connectivity index is 2.05. The second kappa shape index (κ2) is 4.92. The van der Waals surface area contributed by atoms with E-state index in [1.807, 2.05) is 12.2 Å². The molecule has 4 rings (SSSR count). The summed E-state index contributed by atoms with van der Waals surface area (Å²) in [6, 6.07) is 0. The fraction of sp³-hybridized carbons (Fsp3) is 0.765. The van der Waals surface area contributed by atoms with Crippen LogP contribution in [0.4, 0.5) is 0 Å². The zero-order valence-electron chi connectivity index (χ0n) is 13.5. The Kier molecular flexibility index (Phi) is 3.56. The van der Waals surface area contributed by atoms with Gasteiger partial charge < -0.3 is 9.84 Å². The van der Waals surface area contributed by atoms with E-state index in [9.17, 15) is 5.11 Å². The van der Waals surface area contributed by atoms with E-state index < -0.39 is 5.60 Å². The molecule has 118 valence electrons. The molecule has 1 spiro atoms. The van der Waals surface area contributed by atoms with Crippen LogP contribution in [-0.4, -0.2) is 46.7 Å². The van der Waals surface area contributed by atoms with Crippen LogP contribution < -0.4 is 0 Å². The van der Waals surface area contributed by atoms with Crippen LogP contribution in [0.5, 0.6) is 0 Å². The van der Waals surface area contributed by atoms with Gasteiger partial charge in [0.15, 0.2) is 0 Å². The van der Waals surface area contributed by atoms with Crippen molar-refractivity contribution in [1.82, 2.24) is 5.06 Å². The molecule has 0 saturated carbocycles. The first kappa shape index (κ1) is 15.2. The number of allylic oxidation sites excluding steroid dienone is 2. The lowest BCUT2D eigenvalue weighted by Crippen LogP contribution is -2.67. The molecule has 0 aromatic carbocycles. The zero-order chi connectivity index (χ0) is 15.3. The minimum Gasteiger partial charge on any atom is -0.394 e. The van der Waals surface area contributed by atoms with Gasteiger partial charge in [0.2, 0.25) is 0 Å². The molecule has 4 heteroatoms. The van der Waals surface area contributed by atoms with Gasteiger partial charge in [-0.3, -0.25) is 4.84 Å². The van der Waals surface area contributed by atoms with Crippen molar-refractivity contribution in [1.29, 1.82) is 0 Å². The largest absolute Gasteiger partial charge is 0.394 e. The highest BCUT2D eigenvalue weighted by Gasteiger charge is 2.56. The molecular formula is C17H27NO3. The third-order valence-corrected chi connectivity index (χ3v) is 5.29. The van der Waals surface area contributed by atoms with Gasteiger partial charge in [-0.2, -0.15) is 5.06 Å². The molecule has 4 aliphatic rings. The Bertz CT molecular complexity index is 469. The van der Waals surface area contributed by atoms with Gasteiger partial charge in [0.25, 0.3) is 0 Å². The van der Waals surface area contributed by atoms with E-state index in [4.69, 9.17) is 9.57 Å². The van der Waals surface area contributed by atoms with Gasteiger partial charge >= 0.3 is 0 Å². The van der Waals surface area contributed by atoms with E-state index in [0.29, 0.717) is 0 Å². The van der Waals surface area contributed by atoms with Crippen molar-refractivity contribution in [2.24, 2.45) is 5.41 Å². The molecule has 0 aromatic heterocycles. The van der Waals surface area contributed by atoms with Gasteiger partial charge in [-0.15, -0.1) is 0 Å². The topological polar surface area (TPSA) is 41.9 Å². The molecule has 0 amide bonds. The maximum Gasteiger partial charge on any atom is 0.145 e. The Hall–Kier alpha value is -0.680. The van der Waals surface area contributed by atoms with Crippen molar-refractivity contribution in [2.75, 3.05) is 13.2 Å². The maximum atomic E-state index is 9.93. The van der Waals surface area contributed by atoms with Crippen LogP contribution in [0.2, 0.25) is 0 Å². The zero-order valence-corrected chi connectivity index (χ0v) is 13.5. The van der Waals surface area contributed by atoms with Crippen molar-refractivity contribution in [2.45, 2.75) is 63.9 Å². The summed E-state index contributed by atoms with van der Waals surface area (Å²) in [5.41, 5.74) is -0.961. The van der Waals surface area contributed by atoms with Crippen LogP contribution in [0.3, 0.4) is 0 Å². The summed E-state index contributed by atoms with van der Waals surface area (Å²) >= 11 is 0. The molecule has 3 aliphatic heterocycles. The normalized spacial score (nSPS) is 43.8. The van der Waals surface area contributed by atoms with Crippen LogP contribution in [0, 0.1) is 5.41 Å². The summed E-state index contributed by atoms with van der Waals surface area (Å²) in [4.78, 5) is 6.55. The van der Waals surface area contributed by atoms with Gasteiger partial charge in [-0.1, -0.05) is 32.1 Å². The Morgan fingerprint density at radius 2 is 1.90 bits per heavy atom. The molecule has 1 N–H and O–H groups in total. The molecule has 0 radical (unpaired) electrons. The Labute approximate surface area is 127 Å². The number of aliphatic hydroxyl groups excluding tert-OH is 1. The molecule has 2 bridgehead atoms. The molecule has 21 heavy (non-hydrogen) atoms. The van der Waals surface area contributed by atoms with E-state index in [0.717, 1.165) is 19.4 Å². The number of fused-ring (bicyclic) bond motifs is 3. The average Bonchev–Trinajstić information content (AvgIpc) is 2.38. The molecule has 4 nitrogen and oxygen atoms in total. The predicted molar refractivity (Wildman–Crippen MR) is 81.6 cm³/mol. The van der Waals surface area contributed by atoms with Gasteiger partial charge in [0.05, 0.1) is 12.7 Å². The number of hydrogen-bond donors (Lipinski definition) is 1. The van der Waals surface area contributed by atoms with Crippen molar-refractivity contribution in [3.63, 3.8) is 0 Å². The summed E-state index contributed by atoms with van der Waals surface area (Å²) in [5.74, 6) is 0. The molecule has 0 aromatic rings. The van der Waals surface area contributed by atoms with Crippen LogP contribution in [0.15, 0.2) is 24.3 Å². The number of aliphatic hydroxyl groups is 1. The number of rotatable bonds is 1. The van der Waals surface area contributed by atoms with Crippen LogP contribution in [-0.2, 0) is 9.57 Å². The van der Waals surface area contributed by atoms with Crippen LogP contribution >= 0.6 is 0 Å². The number of hydroxylamine groups is 2. The molecule has 1 aliphatic carbocycles. The van der Waals surface area contributed by atoms with Crippen molar-refractivity contribution >= 4 is 0 Å². The minimum absolute atomic E-state index is 0.0353. The van der Waals surface area contributed by atoms with Crippen molar-refractivity contribution < 1.29 is 14.7 Å². The smallest absolute Gasteiger partial charge is 0.145 e. The fourth-order valence-electron chi connectivity index (χ4n) is 3.87. The number of piperidine rings is 1. The third kappa shape index (κ3) is 2.29. The highest BCUT2D eigenvalue weighted by Crippen LogP contribution is 2.48. The minimum atomic E-state index is -0.660. The van der Waals surface area contributed by atoms with E-state index in [1.165, 1.54) is 0 Å². The van der Waals surface area contributed by atoms with Crippen LogP contribution in [0.25, 0.3) is 0 Å². The molecule has 4 atom stereocenters. The van der Waals surface area contributed by atoms with Gasteiger partial charge in [0.1, 0.15) is 11.7 Å². The second-order valence-corrected chi connectivity index (χ2v) is 7.66. The van der Waals surface area contributed by atoms with Gasteiger partial charge in [-0.05, 0) is 32.8 Å². The summed E-state index contributed by atoms with van der Waals surface area (Å²) in [5, 5.41) is 12.0. The Morgan fingerprint density at radius 1 is 1.19 bits per heavy atom. The second-order valence-electron chi connectivity index (χ2n) is 7.66. The van der Waals surface area contributed by atoms with Crippen LogP contribution in [0.1, 0.15) is 40.5 Å². The third-order valence-electron chi connectivity index (χ3n) is 5.29. The lowest BCUT2D eigenvalue weighted by Gasteiger charge is -2.57. The number of hydrogen-bond acceptors (Lipinski definition) is 4. The van der Waals surface area contributed by atoms with Gasteiger partial charge in [-0.25, -0.2) is 0 Å². The van der Waals surface area contributed by atoms with Crippen molar-refractivity contribution in [3.8, 4) is 0 Å². The monoisotopic (exact) mass is 293 g/mol. The highest BCUT2D eigenvalue weighted by molar-refractivity contribution is 5.28. The van der Waals surface area contributed by atoms with Gasteiger partial charge in [0, 0.05) is 17.5 Å². The van der Waals surface area contributed by atoms with E-state index >= 15 is 0 Å². The standard InChI is InChI=1S/C17H27NO3/c1-15(2)8-5-6-9-17(15)14(12-19)20-13-7-10-18(21-17)16(3,4)11-13/h5-6,8-9,13-14,19H,7,10-12H2,1-4H3. The van der Waals surface area contributed by atoms with E-state index in [2.05, 4.69) is 44.9 Å². The number of ether oxygens (including phenoxy) is 1.